The highest BCUT2D eigenvalue weighted by molar-refractivity contribution is 7.88. The Bertz CT molecular complexity index is 581. The van der Waals surface area contributed by atoms with Crippen LogP contribution in [0.25, 0.3) is 0 Å². The lowest BCUT2D eigenvalue weighted by atomic mass is 9.90. The minimum Gasteiger partial charge on any atom is -0.465 e. The summed E-state index contributed by atoms with van der Waals surface area (Å²) in [5, 5.41) is 5.44. The van der Waals surface area contributed by atoms with Gasteiger partial charge in [-0.05, 0) is 20.8 Å². The first kappa shape index (κ1) is 17.9. The Labute approximate surface area is 129 Å². The van der Waals surface area contributed by atoms with E-state index in [9.17, 15) is 13.2 Å². The fourth-order valence-corrected chi connectivity index (χ4v) is 2.84. The monoisotopic (exact) mass is 335 g/mol. The molecule has 7 nitrogen and oxygen atoms in total. The highest BCUT2D eigenvalue weighted by Crippen LogP contribution is 2.28. The molecular weight excluding hydrogens is 314 g/mol. The summed E-state index contributed by atoms with van der Waals surface area (Å²) in [6.07, 6.45) is 1.11. The van der Waals surface area contributed by atoms with Crippen LogP contribution in [0.4, 0.5) is 5.13 Å². The van der Waals surface area contributed by atoms with Gasteiger partial charge in [0.2, 0.25) is 10.0 Å². The zero-order valence-electron chi connectivity index (χ0n) is 12.6. The van der Waals surface area contributed by atoms with Gasteiger partial charge in [-0.1, -0.05) is 0 Å². The molecule has 0 aromatic carbocycles. The average molecular weight is 335 g/mol. The Balaban J connectivity index is 2.58. The fourth-order valence-electron chi connectivity index (χ4n) is 1.46. The third-order valence-electron chi connectivity index (χ3n) is 2.70. The lowest BCUT2D eigenvalue weighted by Crippen LogP contribution is -2.31. The molecular formula is C12H21N3O4S2. The molecule has 0 amide bonds. The zero-order chi connectivity index (χ0) is 16.1. The summed E-state index contributed by atoms with van der Waals surface area (Å²) in [5.74, 6) is -0.319. The van der Waals surface area contributed by atoms with Gasteiger partial charge < -0.3 is 10.1 Å². The van der Waals surface area contributed by atoms with Crippen LogP contribution in [0, 0.1) is 0 Å². The van der Waals surface area contributed by atoms with Crippen LogP contribution < -0.4 is 10.0 Å². The summed E-state index contributed by atoms with van der Waals surface area (Å²) in [4.78, 5) is 16.2. The van der Waals surface area contributed by atoms with Crippen LogP contribution in [-0.4, -0.2) is 45.3 Å². The third kappa shape index (κ3) is 5.60. The van der Waals surface area contributed by atoms with Crippen molar-refractivity contribution in [2.45, 2.75) is 26.2 Å². The highest BCUT2D eigenvalue weighted by Gasteiger charge is 2.33. The van der Waals surface area contributed by atoms with Crippen molar-refractivity contribution in [1.29, 1.82) is 0 Å². The molecule has 1 rings (SSSR count). The number of ether oxygens (including phenoxy) is 1. The molecule has 2 N–H and O–H groups in total. The normalized spacial score (nSPS) is 12.2. The second kappa shape index (κ2) is 7.19. The van der Waals surface area contributed by atoms with E-state index in [1.807, 2.05) is 0 Å². The average Bonchev–Trinajstić information content (AvgIpc) is 2.83. The van der Waals surface area contributed by atoms with E-state index in [2.05, 4.69) is 15.0 Å². The second-order valence-corrected chi connectivity index (χ2v) is 7.67. The number of aromatic nitrogens is 1. The van der Waals surface area contributed by atoms with E-state index in [4.69, 9.17) is 4.74 Å². The number of esters is 1. The SMILES string of the molecule is CCOC(=O)C(C)(C)c1csc(NCCNS(C)(=O)=O)n1. The summed E-state index contributed by atoms with van der Waals surface area (Å²) in [5.41, 5.74) is -0.179. The van der Waals surface area contributed by atoms with Gasteiger partial charge in [-0.2, -0.15) is 0 Å². The van der Waals surface area contributed by atoms with Crippen molar-refractivity contribution in [3.8, 4) is 0 Å². The molecule has 0 aliphatic carbocycles. The number of nitrogens with one attached hydrogen (secondary N) is 2. The van der Waals surface area contributed by atoms with Crippen LogP contribution in [0.3, 0.4) is 0 Å². The minimum absolute atomic E-state index is 0.273. The standard InChI is InChI=1S/C12H21N3O4S2/c1-5-19-10(16)12(2,3)9-8-20-11(15-9)13-6-7-14-21(4,17)18/h8,14H,5-7H2,1-4H3,(H,13,15). The Kier molecular flexibility index (Phi) is 6.11. The van der Waals surface area contributed by atoms with Gasteiger partial charge >= 0.3 is 5.97 Å². The summed E-state index contributed by atoms with van der Waals surface area (Å²) >= 11 is 1.36. The van der Waals surface area contributed by atoms with Gasteiger partial charge in [0.05, 0.1) is 18.6 Å². The van der Waals surface area contributed by atoms with E-state index < -0.39 is 15.4 Å². The first-order valence-corrected chi connectivity index (χ1v) is 9.25. The van der Waals surface area contributed by atoms with E-state index in [1.54, 1.807) is 26.2 Å². The van der Waals surface area contributed by atoms with Crippen LogP contribution in [0.1, 0.15) is 26.5 Å². The van der Waals surface area contributed by atoms with Crippen LogP contribution in [0.2, 0.25) is 0 Å². The predicted molar refractivity (Wildman–Crippen MR) is 83.1 cm³/mol. The van der Waals surface area contributed by atoms with Gasteiger partial charge in [-0.25, -0.2) is 18.1 Å². The van der Waals surface area contributed by atoms with E-state index in [1.165, 1.54) is 11.3 Å². The first-order valence-electron chi connectivity index (χ1n) is 6.48. The molecule has 1 aromatic rings. The van der Waals surface area contributed by atoms with Gasteiger partial charge in [-0.15, -0.1) is 11.3 Å². The molecule has 0 atom stereocenters. The number of carbonyl (C=O) groups is 1. The first-order chi connectivity index (χ1) is 9.66. The molecule has 1 heterocycles. The van der Waals surface area contributed by atoms with E-state index in [0.717, 1.165) is 6.26 Å². The maximum Gasteiger partial charge on any atom is 0.317 e. The van der Waals surface area contributed by atoms with Gasteiger partial charge in [0, 0.05) is 18.5 Å². The largest absolute Gasteiger partial charge is 0.465 e. The molecule has 0 bridgehead atoms. The summed E-state index contributed by atoms with van der Waals surface area (Å²) in [6, 6.07) is 0. The van der Waals surface area contributed by atoms with Gasteiger partial charge in [-0.3, -0.25) is 4.79 Å². The Morgan fingerprint density at radius 2 is 2.10 bits per heavy atom. The van der Waals surface area contributed by atoms with Crippen molar-refractivity contribution in [2.75, 3.05) is 31.3 Å². The molecule has 0 aliphatic heterocycles. The topological polar surface area (TPSA) is 97.4 Å². The van der Waals surface area contributed by atoms with Crippen molar-refractivity contribution in [2.24, 2.45) is 0 Å². The molecule has 0 spiro atoms. The smallest absolute Gasteiger partial charge is 0.317 e. The number of anilines is 1. The molecule has 0 saturated heterocycles. The number of carbonyl (C=O) groups excluding carboxylic acids is 1. The molecule has 0 radical (unpaired) electrons. The van der Waals surface area contributed by atoms with Crippen molar-refractivity contribution >= 4 is 32.5 Å². The Morgan fingerprint density at radius 3 is 2.67 bits per heavy atom. The highest BCUT2D eigenvalue weighted by atomic mass is 32.2. The third-order valence-corrected chi connectivity index (χ3v) is 4.22. The van der Waals surface area contributed by atoms with Gasteiger partial charge in [0.1, 0.15) is 5.41 Å². The van der Waals surface area contributed by atoms with E-state index >= 15 is 0 Å². The summed E-state index contributed by atoms with van der Waals surface area (Å²) < 4.78 is 29.2. The Morgan fingerprint density at radius 1 is 1.43 bits per heavy atom. The summed E-state index contributed by atoms with van der Waals surface area (Å²) in [6.45, 7) is 6.30. The lowest BCUT2D eigenvalue weighted by molar-refractivity contribution is -0.148. The molecule has 120 valence electrons. The lowest BCUT2D eigenvalue weighted by Gasteiger charge is -2.19. The van der Waals surface area contributed by atoms with Crippen molar-refractivity contribution in [3.63, 3.8) is 0 Å². The number of rotatable bonds is 8. The van der Waals surface area contributed by atoms with E-state index in [-0.39, 0.29) is 12.5 Å². The van der Waals surface area contributed by atoms with Crippen molar-refractivity contribution < 1.29 is 17.9 Å². The molecule has 0 saturated carbocycles. The van der Waals surface area contributed by atoms with Crippen LogP contribution in [0.5, 0.6) is 0 Å². The molecule has 0 unspecified atom stereocenters. The van der Waals surface area contributed by atoms with Gasteiger partial charge in [0.25, 0.3) is 0 Å². The number of hydrogen-bond donors (Lipinski definition) is 2. The van der Waals surface area contributed by atoms with Crippen LogP contribution in [-0.2, 0) is 25.0 Å². The number of thiazole rings is 1. The molecule has 9 heteroatoms. The Hall–Kier alpha value is -1.19. The fraction of sp³-hybridized carbons (Fsp3) is 0.667. The maximum atomic E-state index is 11.9. The zero-order valence-corrected chi connectivity index (χ0v) is 14.2. The molecule has 0 aliphatic rings. The maximum absolute atomic E-state index is 11.9. The summed E-state index contributed by atoms with van der Waals surface area (Å²) in [7, 11) is -3.18. The molecule has 21 heavy (non-hydrogen) atoms. The minimum atomic E-state index is -3.18. The van der Waals surface area contributed by atoms with E-state index in [0.29, 0.717) is 24.0 Å². The molecule has 1 aromatic heterocycles. The quantitative estimate of drug-likeness (QED) is 0.542. The van der Waals surface area contributed by atoms with Crippen LogP contribution >= 0.6 is 11.3 Å². The number of sulfonamides is 1. The molecule has 0 fully saturated rings. The van der Waals surface area contributed by atoms with Crippen LogP contribution in [0.15, 0.2) is 5.38 Å². The van der Waals surface area contributed by atoms with Crippen molar-refractivity contribution in [3.05, 3.63) is 11.1 Å². The number of hydrogen-bond acceptors (Lipinski definition) is 7. The second-order valence-electron chi connectivity index (χ2n) is 4.98. The van der Waals surface area contributed by atoms with Crippen molar-refractivity contribution in [1.82, 2.24) is 9.71 Å². The number of nitrogens with zero attached hydrogens (tertiary/aromatic N) is 1. The predicted octanol–water partition coefficient (Wildman–Crippen LogP) is 0.945. The van der Waals surface area contributed by atoms with Gasteiger partial charge in [0.15, 0.2) is 5.13 Å².